The van der Waals surface area contributed by atoms with Crippen LogP contribution in [0.25, 0.3) is 0 Å². The van der Waals surface area contributed by atoms with Crippen LogP contribution >= 0.6 is 0 Å². The number of likely N-dealkylation sites (tertiary alicyclic amines) is 1. The average Bonchev–Trinajstić information content (AvgIpc) is 3.28. The fourth-order valence-corrected chi connectivity index (χ4v) is 5.54. The van der Waals surface area contributed by atoms with Crippen molar-refractivity contribution in [1.82, 2.24) is 19.6 Å². The van der Waals surface area contributed by atoms with Crippen molar-refractivity contribution >= 4 is 5.91 Å². The number of nitrogens with zero attached hydrogens (tertiary/aromatic N) is 4. The molecule has 0 unspecified atom stereocenters. The Morgan fingerprint density at radius 2 is 1.47 bits per heavy atom. The zero-order valence-corrected chi connectivity index (χ0v) is 21.2. The molecule has 2 aromatic carbocycles. The molecule has 1 aromatic heterocycles. The van der Waals surface area contributed by atoms with E-state index in [-0.39, 0.29) is 12.0 Å². The van der Waals surface area contributed by atoms with Crippen molar-refractivity contribution in [2.45, 2.75) is 64.1 Å². The zero-order valence-electron chi connectivity index (χ0n) is 21.2. The molecule has 2 aliphatic rings. The van der Waals surface area contributed by atoms with Gasteiger partial charge in [0, 0.05) is 50.4 Å². The van der Waals surface area contributed by atoms with Gasteiger partial charge in [0.05, 0.1) is 6.10 Å². The highest BCUT2D eigenvalue weighted by Gasteiger charge is 2.31. The van der Waals surface area contributed by atoms with Crippen LogP contribution in [0.4, 0.5) is 0 Å². The van der Waals surface area contributed by atoms with Crippen molar-refractivity contribution in [3.05, 3.63) is 88.7 Å². The maximum absolute atomic E-state index is 13.5. The number of hydrogen-bond acceptors (Lipinski definition) is 4. The van der Waals surface area contributed by atoms with Crippen molar-refractivity contribution in [3.8, 4) is 0 Å². The highest BCUT2D eigenvalue weighted by atomic mass is 16.3. The third kappa shape index (κ3) is 6.05. The van der Waals surface area contributed by atoms with Crippen LogP contribution in [0, 0.1) is 0 Å². The van der Waals surface area contributed by atoms with Crippen LogP contribution in [-0.4, -0.2) is 62.9 Å². The fourth-order valence-electron chi connectivity index (χ4n) is 5.54. The lowest BCUT2D eigenvalue weighted by atomic mass is 10.0. The molecule has 5 rings (SSSR count). The highest BCUT2D eigenvalue weighted by Crippen LogP contribution is 2.26. The predicted octanol–water partition coefficient (Wildman–Crippen LogP) is 4.10. The number of aryl methyl sites for hydroxylation is 3. The Hall–Kier alpha value is -2.96. The van der Waals surface area contributed by atoms with Gasteiger partial charge in [-0.3, -0.25) is 14.4 Å². The van der Waals surface area contributed by atoms with E-state index in [4.69, 9.17) is 5.10 Å². The van der Waals surface area contributed by atoms with E-state index in [0.717, 1.165) is 63.8 Å². The zero-order chi connectivity index (χ0) is 24.7. The maximum Gasteiger partial charge on any atom is 0.274 e. The number of carbonyl (C=O) groups excluding carboxylic acids is 1. The van der Waals surface area contributed by atoms with E-state index >= 15 is 0 Å². The number of aliphatic hydroxyl groups is 1. The highest BCUT2D eigenvalue weighted by molar-refractivity contribution is 5.94. The van der Waals surface area contributed by atoms with Crippen LogP contribution in [0.1, 0.15) is 58.6 Å². The molecular weight excluding hydrogens is 448 g/mol. The molecule has 1 saturated heterocycles. The smallest absolute Gasteiger partial charge is 0.274 e. The molecule has 0 saturated carbocycles. The largest absolute Gasteiger partial charge is 0.393 e. The van der Waals surface area contributed by atoms with E-state index in [9.17, 15) is 9.90 Å². The van der Waals surface area contributed by atoms with Gasteiger partial charge in [-0.25, -0.2) is 0 Å². The molecule has 0 bridgehead atoms. The SMILES string of the molecule is O=C(c1nn(CCCc2ccccc2)c2c1CN(CCCc1ccccc1)CC2)N1CCC(O)CC1. The van der Waals surface area contributed by atoms with Gasteiger partial charge in [-0.2, -0.15) is 5.10 Å². The number of carbonyl (C=O) groups is 1. The molecule has 36 heavy (non-hydrogen) atoms. The van der Waals surface area contributed by atoms with Crippen molar-refractivity contribution < 1.29 is 9.90 Å². The van der Waals surface area contributed by atoms with Crippen molar-refractivity contribution in [3.63, 3.8) is 0 Å². The lowest BCUT2D eigenvalue weighted by Gasteiger charge is -2.30. The summed E-state index contributed by atoms with van der Waals surface area (Å²) in [6.07, 6.45) is 6.14. The standard InChI is InChI=1S/C30H38N4O2/c35-26-15-21-33(22-16-26)30(36)29-27-23-32(18-7-13-24-9-3-1-4-10-24)20-17-28(27)34(31-29)19-8-14-25-11-5-2-6-12-25/h1-6,9-12,26,35H,7-8,13-23H2. The Labute approximate surface area is 214 Å². The van der Waals surface area contributed by atoms with Gasteiger partial charge in [-0.15, -0.1) is 0 Å². The number of aromatic nitrogens is 2. The summed E-state index contributed by atoms with van der Waals surface area (Å²) in [6, 6.07) is 21.2. The molecule has 0 radical (unpaired) electrons. The second kappa shape index (κ2) is 11.8. The molecule has 190 valence electrons. The Morgan fingerprint density at radius 3 is 2.11 bits per heavy atom. The van der Waals surface area contributed by atoms with Gasteiger partial charge in [0.25, 0.3) is 5.91 Å². The molecule has 0 aliphatic carbocycles. The molecule has 1 N–H and O–H groups in total. The molecule has 0 spiro atoms. The van der Waals surface area contributed by atoms with Crippen LogP contribution in [-0.2, 0) is 32.4 Å². The van der Waals surface area contributed by atoms with Gasteiger partial charge in [0.1, 0.15) is 0 Å². The number of rotatable bonds is 9. The van der Waals surface area contributed by atoms with Crippen molar-refractivity contribution in [1.29, 1.82) is 0 Å². The number of hydrogen-bond donors (Lipinski definition) is 1. The molecule has 1 fully saturated rings. The average molecular weight is 487 g/mol. The van der Waals surface area contributed by atoms with Gasteiger partial charge in [-0.05, 0) is 56.2 Å². The van der Waals surface area contributed by atoms with Crippen molar-refractivity contribution in [2.75, 3.05) is 26.2 Å². The predicted molar refractivity (Wildman–Crippen MR) is 142 cm³/mol. The normalized spacial score (nSPS) is 16.8. The van der Waals surface area contributed by atoms with Gasteiger partial charge < -0.3 is 10.0 Å². The van der Waals surface area contributed by atoms with Crippen LogP contribution in [0.5, 0.6) is 0 Å². The number of benzene rings is 2. The molecule has 0 atom stereocenters. The number of fused-ring (bicyclic) bond motifs is 1. The van der Waals surface area contributed by atoms with Gasteiger partial charge in [0.2, 0.25) is 0 Å². The third-order valence-electron chi connectivity index (χ3n) is 7.63. The second-order valence-electron chi connectivity index (χ2n) is 10.2. The minimum absolute atomic E-state index is 0.0334. The lowest BCUT2D eigenvalue weighted by molar-refractivity contribution is 0.0539. The first-order chi connectivity index (χ1) is 17.7. The molecule has 1 amide bonds. The lowest BCUT2D eigenvalue weighted by Crippen LogP contribution is -2.41. The maximum atomic E-state index is 13.5. The molecule has 3 aromatic rings. The molecule has 6 nitrogen and oxygen atoms in total. The molecule has 3 heterocycles. The number of amides is 1. The first-order valence-electron chi connectivity index (χ1n) is 13.5. The van der Waals surface area contributed by atoms with E-state index in [0.29, 0.717) is 31.6 Å². The minimum Gasteiger partial charge on any atom is -0.393 e. The van der Waals surface area contributed by atoms with E-state index in [2.05, 4.69) is 70.2 Å². The van der Waals surface area contributed by atoms with E-state index in [1.807, 2.05) is 4.90 Å². The third-order valence-corrected chi connectivity index (χ3v) is 7.63. The summed E-state index contributed by atoms with van der Waals surface area (Å²) in [5, 5.41) is 14.8. The summed E-state index contributed by atoms with van der Waals surface area (Å²) in [7, 11) is 0. The fraction of sp³-hybridized carbons (Fsp3) is 0.467. The van der Waals surface area contributed by atoms with Gasteiger partial charge in [-0.1, -0.05) is 60.7 Å². The van der Waals surface area contributed by atoms with Crippen LogP contribution in [0.2, 0.25) is 0 Å². The first-order valence-corrected chi connectivity index (χ1v) is 13.5. The van der Waals surface area contributed by atoms with E-state index < -0.39 is 0 Å². The minimum atomic E-state index is -0.293. The monoisotopic (exact) mass is 486 g/mol. The Kier molecular flexibility index (Phi) is 8.14. The summed E-state index contributed by atoms with van der Waals surface area (Å²) in [6.45, 7) is 4.87. The summed E-state index contributed by atoms with van der Waals surface area (Å²) in [4.78, 5) is 17.9. The summed E-state index contributed by atoms with van der Waals surface area (Å²) < 4.78 is 2.12. The molecular formula is C30H38N4O2. The summed E-state index contributed by atoms with van der Waals surface area (Å²) >= 11 is 0. The van der Waals surface area contributed by atoms with Gasteiger partial charge >= 0.3 is 0 Å². The van der Waals surface area contributed by atoms with Crippen LogP contribution < -0.4 is 0 Å². The van der Waals surface area contributed by atoms with Crippen LogP contribution in [0.3, 0.4) is 0 Å². The Morgan fingerprint density at radius 1 is 0.861 bits per heavy atom. The van der Waals surface area contributed by atoms with Crippen LogP contribution in [0.15, 0.2) is 60.7 Å². The number of piperidine rings is 1. The molecule has 2 aliphatic heterocycles. The first kappa shape index (κ1) is 24.7. The molecule has 6 heteroatoms. The van der Waals surface area contributed by atoms with Gasteiger partial charge in [0.15, 0.2) is 5.69 Å². The Balaban J connectivity index is 1.28. The topological polar surface area (TPSA) is 61.6 Å². The summed E-state index contributed by atoms with van der Waals surface area (Å²) in [5.74, 6) is 0.0334. The quantitative estimate of drug-likeness (QED) is 0.495. The number of aliphatic hydroxyl groups excluding tert-OH is 1. The van der Waals surface area contributed by atoms with E-state index in [1.165, 1.54) is 16.8 Å². The van der Waals surface area contributed by atoms with E-state index in [1.54, 1.807) is 0 Å². The van der Waals surface area contributed by atoms with Crippen molar-refractivity contribution in [2.24, 2.45) is 0 Å². The second-order valence-corrected chi connectivity index (χ2v) is 10.2. The Bertz CT molecular complexity index is 1120. The summed E-state index contributed by atoms with van der Waals surface area (Å²) in [5.41, 5.74) is 5.71.